The predicted octanol–water partition coefficient (Wildman–Crippen LogP) is 6.69. The molecule has 1 aromatic heterocycles. The number of rotatable bonds is 9. The van der Waals surface area contributed by atoms with E-state index in [0.717, 1.165) is 85.5 Å². The summed E-state index contributed by atoms with van der Waals surface area (Å²) >= 11 is 0. The third kappa shape index (κ3) is 7.14. The molecule has 0 bridgehead atoms. The Labute approximate surface area is 253 Å². The molecule has 6 rings (SSSR count). The lowest BCUT2D eigenvalue weighted by Crippen LogP contribution is -2.38. The van der Waals surface area contributed by atoms with Crippen LogP contribution in [0.1, 0.15) is 61.1 Å². The van der Waals surface area contributed by atoms with E-state index in [0.29, 0.717) is 17.2 Å². The van der Waals surface area contributed by atoms with Gasteiger partial charge < -0.3 is 9.47 Å². The van der Waals surface area contributed by atoms with E-state index in [1.807, 2.05) is 87.5 Å². The summed E-state index contributed by atoms with van der Waals surface area (Å²) in [6.07, 6.45) is 1.87. The van der Waals surface area contributed by atoms with Crippen LogP contribution in [-0.2, 0) is 22.4 Å². The van der Waals surface area contributed by atoms with Gasteiger partial charge in [-0.15, -0.1) is 0 Å². The number of fused-ring (bicyclic) bond motifs is 1. The Morgan fingerprint density at radius 1 is 0.953 bits per heavy atom. The highest BCUT2D eigenvalue weighted by atomic mass is 16.6. The molecule has 0 unspecified atom stereocenters. The predicted molar refractivity (Wildman–Crippen MR) is 169 cm³/mol. The van der Waals surface area contributed by atoms with Crippen LogP contribution in [0.3, 0.4) is 0 Å². The van der Waals surface area contributed by atoms with Crippen molar-refractivity contribution in [3.63, 3.8) is 0 Å². The van der Waals surface area contributed by atoms with Crippen LogP contribution in [0.2, 0.25) is 0 Å². The van der Waals surface area contributed by atoms with Crippen LogP contribution in [-0.4, -0.2) is 65.0 Å². The molecule has 43 heavy (non-hydrogen) atoms. The summed E-state index contributed by atoms with van der Waals surface area (Å²) in [5, 5.41) is 8.97. The molecular formula is C35H40N4O4. The Morgan fingerprint density at radius 3 is 2.44 bits per heavy atom. The fourth-order valence-electron chi connectivity index (χ4n) is 5.63. The number of hydrogen-bond donors (Lipinski definition) is 1. The van der Waals surface area contributed by atoms with Gasteiger partial charge in [0.15, 0.2) is 5.78 Å². The van der Waals surface area contributed by atoms with Crippen LogP contribution in [0.15, 0.2) is 66.7 Å². The number of carbonyl (C=O) groups is 2. The molecular weight excluding hydrogens is 540 g/mol. The second kappa shape index (κ2) is 12.3. The average molecular weight is 581 g/mol. The van der Waals surface area contributed by atoms with Crippen LogP contribution < -0.4 is 5.32 Å². The number of anilines is 1. The molecule has 2 fully saturated rings. The molecule has 1 amide bonds. The van der Waals surface area contributed by atoms with E-state index in [-0.39, 0.29) is 12.2 Å². The molecule has 8 heteroatoms. The minimum absolute atomic E-state index is 0.0119. The molecule has 0 atom stereocenters. The molecule has 0 spiro atoms. The zero-order valence-electron chi connectivity index (χ0n) is 25.3. The third-order valence-corrected chi connectivity index (χ3v) is 8.00. The fourth-order valence-corrected chi connectivity index (χ4v) is 5.63. The van der Waals surface area contributed by atoms with Gasteiger partial charge in [-0.05, 0) is 80.6 Å². The summed E-state index contributed by atoms with van der Waals surface area (Å²) in [6, 6.07) is 21.8. The Morgan fingerprint density at radius 2 is 1.72 bits per heavy atom. The van der Waals surface area contributed by atoms with E-state index in [9.17, 15) is 9.59 Å². The van der Waals surface area contributed by atoms with Crippen LogP contribution in [0.25, 0.3) is 22.0 Å². The van der Waals surface area contributed by atoms with E-state index in [1.54, 1.807) is 0 Å². The minimum atomic E-state index is -0.634. The first kappa shape index (κ1) is 29.1. The first-order valence-electron chi connectivity index (χ1n) is 15.3. The number of morpholine rings is 1. The molecule has 3 aromatic carbocycles. The molecule has 1 N–H and O–H groups in total. The van der Waals surface area contributed by atoms with E-state index >= 15 is 0 Å². The van der Waals surface area contributed by atoms with E-state index in [4.69, 9.17) is 14.6 Å². The number of benzene rings is 3. The molecule has 2 aliphatic rings. The van der Waals surface area contributed by atoms with Crippen molar-refractivity contribution in [2.24, 2.45) is 0 Å². The van der Waals surface area contributed by atoms with Gasteiger partial charge in [-0.1, -0.05) is 36.4 Å². The number of aromatic nitrogens is 2. The van der Waals surface area contributed by atoms with Gasteiger partial charge in [0, 0.05) is 48.6 Å². The Balaban J connectivity index is 1.27. The molecule has 1 aliphatic carbocycles. The summed E-state index contributed by atoms with van der Waals surface area (Å²) in [6.45, 7) is 10.7. The van der Waals surface area contributed by atoms with Gasteiger partial charge in [-0.2, -0.15) is 5.10 Å². The Kier molecular flexibility index (Phi) is 8.32. The number of nitrogens with zero attached hydrogens (tertiary/aromatic N) is 3. The molecule has 1 saturated heterocycles. The lowest BCUT2D eigenvalue weighted by Gasteiger charge is -2.26. The maximum Gasteiger partial charge on any atom is 0.412 e. The van der Waals surface area contributed by atoms with Crippen LogP contribution >= 0.6 is 0 Å². The molecule has 0 radical (unpaired) electrons. The number of ketones is 1. The number of ether oxygens (including phenoxy) is 2. The number of carbonyl (C=O) groups excluding carboxylic acids is 2. The number of hydrogen-bond acceptors (Lipinski definition) is 6. The van der Waals surface area contributed by atoms with Crippen molar-refractivity contribution >= 4 is 28.5 Å². The summed E-state index contributed by atoms with van der Waals surface area (Å²) < 4.78 is 13.1. The van der Waals surface area contributed by atoms with Crippen molar-refractivity contribution < 1.29 is 19.1 Å². The van der Waals surface area contributed by atoms with Crippen molar-refractivity contribution in [3.8, 4) is 11.1 Å². The largest absolute Gasteiger partial charge is 0.444 e. The van der Waals surface area contributed by atoms with Crippen molar-refractivity contribution in [3.05, 3.63) is 83.6 Å². The third-order valence-electron chi connectivity index (χ3n) is 8.00. The summed E-state index contributed by atoms with van der Waals surface area (Å²) in [7, 11) is 0. The molecule has 8 nitrogen and oxygen atoms in total. The Hall–Kier alpha value is -4.01. The molecule has 1 aliphatic heterocycles. The van der Waals surface area contributed by atoms with Gasteiger partial charge in [-0.3, -0.25) is 19.7 Å². The van der Waals surface area contributed by atoms with E-state index in [2.05, 4.69) is 14.9 Å². The average Bonchev–Trinajstić information content (AvgIpc) is 3.77. The van der Waals surface area contributed by atoms with Gasteiger partial charge >= 0.3 is 6.09 Å². The fraction of sp³-hybridized carbons (Fsp3) is 0.400. The molecule has 2 heterocycles. The minimum Gasteiger partial charge on any atom is -0.444 e. The number of amides is 1. The second-order valence-electron chi connectivity index (χ2n) is 12.5. The van der Waals surface area contributed by atoms with Crippen LogP contribution in [0, 0.1) is 0 Å². The summed E-state index contributed by atoms with van der Waals surface area (Å²) in [5.74, 6) is 0.451. The van der Waals surface area contributed by atoms with Gasteiger partial charge in [0.1, 0.15) is 5.60 Å². The van der Waals surface area contributed by atoms with Crippen molar-refractivity contribution in [1.29, 1.82) is 0 Å². The van der Waals surface area contributed by atoms with E-state index in [1.165, 1.54) is 0 Å². The molecule has 224 valence electrons. The normalized spacial score (nSPS) is 15.9. The topological polar surface area (TPSA) is 85.7 Å². The van der Waals surface area contributed by atoms with Gasteiger partial charge in [-0.25, -0.2) is 4.79 Å². The van der Waals surface area contributed by atoms with Crippen LogP contribution in [0.5, 0.6) is 0 Å². The molecule has 4 aromatic rings. The highest BCUT2D eigenvalue weighted by Crippen LogP contribution is 2.42. The summed E-state index contributed by atoms with van der Waals surface area (Å²) in [4.78, 5) is 28.9. The zero-order chi connectivity index (χ0) is 30.0. The zero-order valence-corrected chi connectivity index (χ0v) is 25.3. The SMILES string of the molecule is CC(C)(C)OC(=O)Nc1ccc(-c2ccccc2)cc1CC(=O)c1ccc2c(c1)c(C1CC1)nn2CCN1CCOCC1. The second-order valence-corrected chi connectivity index (χ2v) is 12.5. The van der Waals surface area contributed by atoms with Gasteiger partial charge in [0.05, 0.1) is 31.0 Å². The quantitative estimate of drug-likeness (QED) is 0.222. The maximum atomic E-state index is 13.8. The van der Waals surface area contributed by atoms with E-state index < -0.39 is 11.7 Å². The van der Waals surface area contributed by atoms with Crippen molar-refractivity contribution in [1.82, 2.24) is 14.7 Å². The van der Waals surface area contributed by atoms with Crippen molar-refractivity contribution in [2.45, 2.75) is 58.1 Å². The molecule has 1 saturated carbocycles. The number of nitrogens with one attached hydrogen (secondary N) is 1. The summed E-state index contributed by atoms with van der Waals surface area (Å²) in [5.41, 5.74) is 5.52. The number of Topliss-reactive ketones (excluding diaryl/α,β-unsaturated/α-hetero) is 1. The highest BCUT2D eigenvalue weighted by molar-refractivity contribution is 6.02. The van der Waals surface area contributed by atoms with Crippen molar-refractivity contribution in [2.75, 3.05) is 38.2 Å². The smallest absolute Gasteiger partial charge is 0.412 e. The van der Waals surface area contributed by atoms with Crippen LogP contribution in [0.4, 0.5) is 10.5 Å². The lowest BCUT2D eigenvalue weighted by molar-refractivity contribution is 0.0361. The van der Waals surface area contributed by atoms with Gasteiger partial charge in [0.2, 0.25) is 0 Å². The Bertz CT molecular complexity index is 1610. The first-order valence-corrected chi connectivity index (χ1v) is 15.3. The maximum absolute atomic E-state index is 13.8. The first-order chi connectivity index (χ1) is 20.7. The highest BCUT2D eigenvalue weighted by Gasteiger charge is 2.30. The standard InChI is InChI=1S/C35H40N4O4/c1-35(2,3)43-34(41)36-30-13-11-26(24-7-5-4-6-8-24)21-28(30)23-32(40)27-12-14-31-29(22-27)33(25-9-10-25)37-39(31)16-15-38-17-19-42-20-18-38/h4-8,11-14,21-22,25H,9-10,15-20,23H2,1-3H3,(H,36,41). The lowest BCUT2D eigenvalue weighted by atomic mass is 9.96. The van der Waals surface area contributed by atoms with Gasteiger partial charge in [0.25, 0.3) is 0 Å². The monoisotopic (exact) mass is 580 g/mol.